The molecule has 5 heteroatoms. The lowest BCUT2D eigenvalue weighted by Crippen LogP contribution is -1.95. The lowest BCUT2D eigenvalue weighted by Gasteiger charge is -2.10. The van der Waals surface area contributed by atoms with Gasteiger partial charge < -0.3 is 14.2 Å². The first kappa shape index (κ1) is 17.4. The van der Waals surface area contributed by atoms with Gasteiger partial charge in [0.1, 0.15) is 23.9 Å². The Morgan fingerprint density at radius 2 is 1.88 bits per heavy atom. The Morgan fingerprint density at radius 1 is 1.17 bits per heavy atom. The molecule has 0 unspecified atom stereocenters. The summed E-state index contributed by atoms with van der Waals surface area (Å²) in [6.45, 7) is 6.18. The number of aromatic nitrogens is 2. The topological polar surface area (TPSA) is 56.4 Å². The van der Waals surface area contributed by atoms with Crippen LogP contribution in [0.1, 0.15) is 18.2 Å². The van der Waals surface area contributed by atoms with Crippen LogP contribution in [0, 0.1) is 0 Å². The number of aromatic amines is 1. The summed E-state index contributed by atoms with van der Waals surface area (Å²) >= 11 is 0. The van der Waals surface area contributed by atoms with Crippen molar-refractivity contribution < 1.29 is 14.2 Å². The Bertz CT molecular complexity index is 709. The Labute approximate surface area is 142 Å². The van der Waals surface area contributed by atoms with E-state index in [1.165, 1.54) is 0 Å². The van der Waals surface area contributed by atoms with Gasteiger partial charge in [-0.05, 0) is 48.4 Å². The van der Waals surface area contributed by atoms with Gasteiger partial charge in [-0.15, -0.1) is 0 Å². The third kappa shape index (κ3) is 4.78. The number of nitrogens with one attached hydrogen (secondary N) is 1. The fraction of sp³-hybridized carbons (Fsp3) is 0.211. The van der Waals surface area contributed by atoms with Crippen LogP contribution < -0.4 is 9.47 Å². The standard InChI is InChI=1S/C19H22N2O3/c1-5-16(7-6-14(2)19-8-9-20-21-19)24-13-15-10-17(22-3)12-18(11-15)23-4/h5-12H,1,13H2,2-4H3,(H,20,21)/b14-6+,16-7+. The van der Waals surface area contributed by atoms with Crippen molar-refractivity contribution in [2.24, 2.45) is 0 Å². The van der Waals surface area contributed by atoms with Gasteiger partial charge in [0.05, 0.1) is 19.9 Å². The average molecular weight is 326 g/mol. The number of hydrogen-bond acceptors (Lipinski definition) is 4. The maximum absolute atomic E-state index is 5.81. The molecule has 5 nitrogen and oxygen atoms in total. The number of methoxy groups -OCH3 is 2. The molecule has 126 valence electrons. The van der Waals surface area contributed by atoms with E-state index in [9.17, 15) is 0 Å². The second kappa shape index (κ2) is 8.62. The van der Waals surface area contributed by atoms with Crippen LogP contribution in [0.15, 0.2) is 61.0 Å². The number of benzene rings is 1. The highest BCUT2D eigenvalue weighted by Gasteiger charge is 2.03. The number of rotatable bonds is 8. The van der Waals surface area contributed by atoms with Gasteiger partial charge in [-0.1, -0.05) is 12.7 Å². The van der Waals surface area contributed by atoms with E-state index >= 15 is 0 Å². The van der Waals surface area contributed by atoms with E-state index < -0.39 is 0 Å². The predicted octanol–water partition coefficient (Wildman–Crippen LogP) is 4.12. The number of allylic oxidation sites excluding steroid dienone is 4. The SMILES string of the molecule is C=C/C(=C\C=C(/C)c1ccn[nH]1)OCc1cc(OC)cc(OC)c1. The van der Waals surface area contributed by atoms with E-state index in [0.29, 0.717) is 12.4 Å². The van der Waals surface area contributed by atoms with Crippen LogP contribution in [0.25, 0.3) is 5.57 Å². The van der Waals surface area contributed by atoms with Crippen LogP contribution in [-0.4, -0.2) is 24.4 Å². The van der Waals surface area contributed by atoms with Gasteiger partial charge in [-0.25, -0.2) is 0 Å². The molecule has 1 N–H and O–H groups in total. The van der Waals surface area contributed by atoms with E-state index in [4.69, 9.17) is 14.2 Å². The van der Waals surface area contributed by atoms with Gasteiger partial charge >= 0.3 is 0 Å². The Kier molecular flexibility index (Phi) is 6.25. The van der Waals surface area contributed by atoms with E-state index in [0.717, 1.165) is 28.3 Å². The molecule has 0 bridgehead atoms. The van der Waals surface area contributed by atoms with E-state index in [1.807, 2.05) is 43.3 Å². The molecule has 0 spiro atoms. The van der Waals surface area contributed by atoms with Crippen LogP contribution >= 0.6 is 0 Å². The minimum atomic E-state index is 0.391. The summed E-state index contributed by atoms with van der Waals surface area (Å²) in [5, 5.41) is 6.86. The molecule has 24 heavy (non-hydrogen) atoms. The Balaban J connectivity index is 2.07. The molecule has 2 aromatic rings. The third-order valence-electron chi connectivity index (χ3n) is 3.44. The molecule has 0 aliphatic carbocycles. The number of ether oxygens (including phenoxy) is 3. The number of hydrogen-bond donors (Lipinski definition) is 1. The molecule has 1 aromatic carbocycles. The first-order valence-electron chi connectivity index (χ1n) is 7.51. The van der Waals surface area contributed by atoms with Crippen LogP contribution in [0.3, 0.4) is 0 Å². The zero-order valence-corrected chi connectivity index (χ0v) is 14.2. The van der Waals surface area contributed by atoms with Gasteiger partial charge in [0, 0.05) is 12.3 Å². The molecule has 1 aromatic heterocycles. The van der Waals surface area contributed by atoms with Crippen LogP contribution in [0.2, 0.25) is 0 Å². The molecule has 0 aliphatic heterocycles. The largest absolute Gasteiger partial charge is 0.497 e. The first-order valence-corrected chi connectivity index (χ1v) is 7.51. The highest BCUT2D eigenvalue weighted by atomic mass is 16.5. The van der Waals surface area contributed by atoms with Crippen molar-refractivity contribution in [2.75, 3.05) is 14.2 Å². The fourth-order valence-electron chi connectivity index (χ4n) is 2.06. The third-order valence-corrected chi connectivity index (χ3v) is 3.44. The maximum atomic E-state index is 5.81. The second-order valence-corrected chi connectivity index (χ2v) is 5.10. The smallest absolute Gasteiger partial charge is 0.122 e. The summed E-state index contributed by atoms with van der Waals surface area (Å²) in [5.74, 6) is 2.13. The molecule has 0 fully saturated rings. The minimum Gasteiger partial charge on any atom is -0.497 e. The molecule has 0 radical (unpaired) electrons. The normalized spacial score (nSPS) is 12.0. The summed E-state index contributed by atoms with van der Waals surface area (Å²) in [5.41, 5.74) is 2.97. The lowest BCUT2D eigenvalue weighted by molar-refractivity contribution is 0.210. The predicted molar refractivity (Wildman–Crippen MR) is 94.9 cm³/mol. The van der Waals surface area contributed by atoms with Crippen molar-refractivity contribution in [3.8, 4) is 11.5 Å². The van der Waals surface area contributed by atoms with Crippen molar-refractivity contribution >= 4 is 5.57 Å². The Hall–Kier alpha value is -2.95. The first-order chi connectivity index (χ1) is 11.7. The van der Waals surface area contributed by atoms with Crippen molar-refractivity contribution in [3.63, 3.8) is 0 Å². The lowest BCUT2D eigenvalue weighted by atomic mass is 10.2. The number of nitrogens with zero attached hydrogens (tertiary/aromatic N) is 1. The number of H-pyrrole nitrogens is 1. The van der Waals surface area contributed by atoms with Gasteiger partial charge in [0.25, 0.3) is 0 Å². The van der Waals surface area contributed by atoms with E-state index in [1.54, 1.807) is 26.5 Å². The molecule has 0 saturated heterocycles. The molecular weight excluding hydrogens is 304 g/mol. The Morgan fingerprint density at radius 3 is 2.42 bits per heavy atom. The molecular formula is C19H22N2O3. The van der Waals surface area contributed by atoms with Crippen molar-refractivity contribution in [3.05, 3.63) is 72.3 Å². The molecule has 0 atom stereocenters. The van der Waals surface area contributed by atoms with Crippen LogP contribution in [0.4, 0.5) is 0 Å². The summed E-state index contributed by atoms with van der Waals surface area (Å²) in [7, 11) is 3.25. The molecule has 2 rings (SSSR count). The zero-order chi connectivity index (χ0) is 17.4. The summed E-state index contributed by atoms with van der Waals surface area (Å²) in [4.78, 5) is 0. The van der Waals surface area contributed by atoms with Gasteiger partial charge in [0.15, 0.2) is 0 Å². The monoisotopic (exact) mass is 326 g/mol. The fourth-order valence-corrected chi connectivity index (χ4v) is 2.06. The van der Waals surface area contributed by atoms with Gasteiger partial charge in [0.2, 0.25) is 0 Å². The molecule has 1 heterocycles. The zero-order valence-electron chi connectivity index (χ0n) is 14.2. The second-order valence-electron chi connectivity index (χ2n) is 5.10. The van der Waals surface area contributed by atoms with Crippen molar-refractivity contribution in [1.29, 1.82) is 0 Å². The van der Waals surface area contributed by atoms with E-state index in [-0.39, 0.29) is 0 Å². The summed E-state index contributed by atoms with van der Waals surface area (Å²) in [6, 6.07) is 7.56. The summed E-state index contributed by atoms with van der Waals surface area (Å²) in [6.07, 6.45) is 7.23. The maximum Gasteiger partial charge on any atom is 0.122 e. The molecule has 0 saturated carbocycles. The minimum absolute atomic E-state index is 0.391. The van der Waals surface area contributed by atoms with Gasteiger partial charge in [-0.2, -0.15) is 5.10 Å². The molecule has 0 amide bonds. The van der Waals surface area contributed by atoms with Crippen LogP contribution in [0.5, 0.6) is 11.5 Å². The quantitative estimate of drug-likeness (QED) is 0.586. The van der Waals surface area contributed by atoms with Crippen molar-refractivity contribution in [1.82, 2.24) is 10.2 Å². The highest BCUT2D eigenvalue weighted by Crippen LogP contribution is 2.23. The molecule has 0 aliphatic rings. The van der Waals surface area contributed by atoms with Crippen molar-refractivity contribution in [2.45, 2.75) is 13.5 Å². The van der Waals surface area contributed by atoms with E-state index in [2.05, 4.69) is 16.8 Å². The highest BCUT2D eigenvalue weighted by molar-refractivity contribution is 5.61. The average Bonchev–Trinajstić information content (AvgIpc) is 3.16. The summed E-state index contributed by atoms with van der Waals surface area (Å²) < 4.78 is 16.3. The van der Waals surface area contributed by atoms with Crippen LogP contribution in [-0.2, 0) is 11.3 Å². The van der Waals surface area contributed by atoms with Gasteiger partial charge in [-0.3, -0.25) is 5.10 Å².